The Kier molecular flexibility index (Phi) is 5.39. The second kappa shape index (κ2) is 7.70. The summed E-state index contributed by atoms with van der Waals surface area (Å²) in [7, 11) is 0. The van der Waals surface area contributed by atoms with Crippen molar-refractivity contribution in [2.75, 3.05) is 32.8 Å². The van der Waals surface area contributed by atoms with Gasteiger partial charge in [0.1, 0.15) is 18.1 Å². The standard InChI is InChI=1S/C21H25NO3/c1-4-22(5-2)13-14-25-18-12-8-10-16-20(18)19-15(21(16)23)9-7-11-17(19)24-6-3/h7-12H,4-6,13-14H2,1-3H3. The Morgan fingerprint density at radius 2 is 1.40 bits per heavy atom. The van der Waals surface area contributed by atoms with Gasteiger partial charge in [-0.05, 0) is 32.1 Å². The van der Waals surface area contributed by atoms with E-state index in [1.807, 2.05) is 43.3 Å². The van der Waals surface area contributed by atoms with Gasteiger partial charge in [0, 0.05) is 28.8 Å². The van der Waals surface area contributed by atoms with Crippen molar-refractivity contribution in [1.82, 2.24) is 4.90 Å². The van der Waals surface area contributed by atoms with Crippen molar-refractivity contribution in [2.45, 2.75) is 20.8 Å². The van der Waals surface area contributed by atoms with E-state index in [0.29, 0.717) is 24.3 Å². The highest BCUT2D eigenvalue weighted by molar-refractivity contribution is 6.23. The van der Waals surface area contributed by atoms with E-state index in [0.717, 1.165) is 42.3 Å². The van der Waals surface area contributed by atoms with Crippen LogP contribution in [0.25, 0.3) is 11.1 Å². The Morgan fingerprint density at radius 3 is 1.92 bits per heavy atom. The Labute approximate surface area is 149 Å². The zero-order valence-electron chi connectivity index (χ0n) is 15.2. The van der Waals surface area contributed by atoms with Gasteiger partial charge in [0.2, 0.25) is 0 Å². The molecular formula is C21H25NO3. The first kappa shape index (κ1) is 17.5. The average Bonchev–Trinajstić information content (AvgIpc) is 2.94. The largest absolute Gasteiger partial charge is 0.493 e. The SMILES string of the molecule is CCOc1cccc2c1-c1c(OCCN(CC)CC)cccc1C2=O. The summed E-state index contributed by atoms with van der Waals surface area (Å²) in [5, 5.41) is 0. The topological polar surface area (TPSA) is 38.8 Å². The first-order valence-corrected chi connectivity index (χ1v) is 9.00. The fourth-order valence-electron chi connectivity index (χ4n) is 3.32. The molecule has 0 aliphatic heterocycles. The molecule has 1 aliphatic carbocycles. The molecule has 0 amide bonds. The molecule has 2 aromatic rings. The van der Waals surface area contributed by atoms with Crippen LogP contribution in [0.4, 0.5) is 0 Å². The van der Waals surface area contributed by atoms with E-state index in [2.05, 4.69) is 18.7 Å². The molecule has 0 atom stereocenters. The maximum Gasteiger partial charge on any atom is 0.194 e. The molecule has 0 heterocycles. The molecule has 0 radical (unpaired) electrons. The van der Waals surface area contributed by atoms with Gasteiger partial charge in [0.25, 0.3) is 0 Å². The highest BCUT2D eigenvalue weighted by Gasteiger charge is 2.32. The van der Waals surface area contributed by atoms with Gasteiger partial charge in [-0.25, -0.2) is 0 Å². The smallest absolute Gasteiger partial charge is 0.194 e. The van der Waals surface area contributed by atoms with Gasteiger partial charge < -0.3 is 14.4 Å². The predicted molar refractivity (Wildman–Crippen MR) is 99.8 cm³/mol. The number of nitrogens with zero attached hydrogens (tertiary/aromatic N) is 1. The maximum atomic E-state index is 12.8. The minimum absolute atomic E-state index is 0.0424. The Hall–Kier alpha value is -2.33. The van der Waals surface area contributed by atoms with Crippen LogP contribution in [0, 0.1) is 0 Å². The van der Waals surface area contributed by atoms with E-state index in [1.54, 1.807) is 0 Å². The van der Waals surface area contributed by atoms with Gasteiger partial charge >= 0.3 is 0 Å². The second-order valence-electron chi connectivity index (χ2n) is 5.99. The van der Waals surface area contributed by atoms with Gasteiger partial charge in [-0.2, -0.15) is 0 Å². The first-order chi connectivity index (χ1) is 12.2. The van der Waals surface area contributed by atoms with E-state index >= 15 is 0 Å². The van der Waals surface area contributed by atoms with Gasteiger partial charge in [-0.3, -0.25) is 4.79 Å². The summed E-state index contributed by atoms with van der Waals surface area (Å²) in [6.07, 6.45) is 0. The summed E-state index contributed by atoms with van der Waals surface area (Å²) in [6, 6.07) is 11.3. The molecule has 25 heavy (non-hydrogen) atoms. The molecule has 0 N–H and O–H groups in total. The minimum Gasteiger partial charge on any atom is -0.493 e. The summed E-state index contributed by atoms with van der Waals surface area (Å²) in [5.74, 6) is 1.54. The number of hydrogen-bond donors (Lipinski definition) is 0. The molecule has 0 unspecified atom stereocenters. The minimum atomic E-state index is 0.0424. The molecule has 0 bridgehead atoms. The lowest BCUT2D eigenvalue weighted by Gasteiger charge is -2.19. The van der Waals surface area contributed by atoms with Gasteiger partial charge in [-0.1, -0.05) is 38.1 Å². The normalized spacial score (nSPS) is 12.2. The van der Waals surface area contributed by atoms with E-state index in [-0.39, 0.29) is 5.78 Å². The van der Waals surface area contributed by atoms with E-state index in [1.165, 1.54) is 0 Å². The van der Waals surface area contributed by atoms with E-state index in [9.17, 15) is 4.79 Å². The number of fused-ring (bicyclic) bond motifs is 3. The van der Waals surface area contributed by atoms with Crippen LogP contribution in [0.2, 0.25) is 0 Å². The van der Waals surface area contributed by atoms with Crippen molar-refractivity contribution >= 4 is 5.78 Å². The van der Waals surface area contributed by atoms with Crippen LogP contribution in [0.5, 0.6) is 11.5 Å². The lowest BCUT2D eigenvalue weighted by molar-refractivity contribution is 0.104. The van der Waals surface area contributed by atoms with Gasteiger partial charge in [0.15, 0.2) is 5.78 Å². The molecule has 0 saturated heterocycles. The molecule has 4 nitrogen and oxygen atoms in total. The highest BCUT2D eigenvalue weighted by atomic mass is 16.5. The lowest BCUT2D eigenvalue weighted by Crippen LogP contribution is -2.28. The van der Waals surface area contributed by atoms with E-state index < -0.39 is 0 Å². The van der Waals surface area contributed by atoms with Crippen molar-refractivity contribution in [3.63, 3.8) is 0 Å². The molecule has 0 saturated carbocycles. The fraction of sp³-hybridized carbons (Fsp3) is 0.381. The highest BCUT2D eigenvalue weighted by Crippen LogP contribution is 2.47. The molecule has 0 spiro atoms. The molecule has 0 aromatic heterocycles. The molecule has 4 heteroatoms. The Morgan fingerprint density at radius 1 is 0.840 bits per heavy atom. The van der Waals surface area contributed by atoms with Crippen molar-refractivity contribution in [3.05, 3.63) is 47.5 Å². The number of ether oxygens (including phenoxy) is 2. The van der Waals surface area contributed by atoms with Crippen LogP contribution in [-0.2, 0) is 0 Å². The Balaban J connectivity index is 1.95. The fourth-order valence-corrected chi connectivity index (χ4v) is 3.32. The van der Waals surface area contributed by atoms with Crippen molar-refractivity contribution in [2.24, 2.45) is 0 Å². The quantitative estimate of drug-likeness (QED) is 0.621. The summed E-state index contributed by atoms with van der Waals surface area (Å²) >= 11 is 0. The average molecular weight is 339 g/mol. The third-order valence-corrected chi connectivity index (χ3v) is 4.65. The third-order valence-electron chi connectivity index (χ3n) is 4.65. The number of carbonyl (C=O) groups is 1. The summed E-state index contributed by atoms with van der Waals surface area (Å²) in [5.41, 5.74) is 3.12. The zero-order chi connectivity index (χ0) is 17.8. The first-order valence-electron chi connectivity index (χ1n) is 9.00. The number of ketones is 1. The molecule has 2 aromatic carbocycles. The van der Waals surface area contributed by atoms with Crippen LogP contribution in [0.3, 0.4) is 0 Å². The number of benzene rings is 2. The predicted octanol–water partition coefficient (Wildman–Crippen LogP) is 4.02. The Bertz CT molecular complexity index is 766. The molecule has 132 valence electrons. The molecule has 1 aliphatic rings. The van der Waals surface area contributed by atoms with Crippen LogP contribution < -0.4 is 9.47 Å². The van der Waals surface area contributed by atoms with Gasteiger partial charge in [0.05, 0.1) is 6.61 Å². The van der Waals surface area contributed by atoms with Crippen molar-refractivity contribution in [3.8, 4) is 22.6 Å². The van der Waals surface area contributed by atoms with Crippen LogP contribution in [-0.4, -0.2) is 43.5 Å². The monoisotopic (exact) mass is 339 g/mol. The maximum absolute atomic E-state index is 12.8. The molecule has 0 fully saturated rings. The summed E-state index contributed by atoms with van der Waals surface area (Å²) < 4.78 is 11.8. The van der Waals surface area contributed by atoms with Crippen molar-refractivity contribution in [1.29, 1.82) is 0 Å². The van der Waals surface area contributed by atoms with E-state index in [4.69, 9.17) is 9.47 Å². The summed E-state index contributed by atoms with van der Waals surface area (Å²) in [6.45, 7) is 10.3. The molecule has 3 rings (SSSR count). The van der Waals surface area contributed by atoms with Crippen LogP contribution >= 0.6 is 0 Å². The van der Waals surface area contributed by atoms with Crippen molar-refractivity contribution < 1.29 is 14.3 Å². The van der Waals surface area contributed by atoms with Gasteiger partial charge in [-0.15, -0.1) is 0 Å². The molecular weight excluding hydrogens is 314 g/mol. The number of carbonyl (C=O) groups excluding carboxylic acids is 1. The third kappa shape index (κ3) is 3.27. The number of rotatable bonds is 8. The van der Waals surface area contributed by atoms with Crippen LogP contribution in [0.15, 0.2) is 36.4 Å². The van der Waals surface area contributed by atoms with Crippen LogP contribution in [0.1, 0.15) is 36.7 Å². The number of likely N-dealkylation sites (N-methyl/N-ethyl adjacent to an activating group) is 1. The number of hydrogen-bond acceptors (Lipinski definition) is 4. The lowest BCUT2D eigenvalue weighted by atomic mass is 10.0. The summed E-state index contributed by atoms with van der Waals surface area (Å²) in [4.78, 5) is 15.1. The second-order valence-corrected chi connectivity index (χ2v) is 5.99. The zero-order valence-corrected chi connectivity index (χ0v) is 15.2.